The first kappa shape index (κ1) is 38.9. The van der Waals surface area contributed by atoms with Gasteiger partial charge in [-0.15, -0.1) is 0 Å². The Balaban J connectivity index is 1.26. The summed E-state index contributed by atoms with van der Waals surface area (Å²) in [6, 6.07) is 33.5. The van der Waals surface area contributed by atoms with E-state index in [9.17, 15) is 19.3 Å². The Labute approximate surface area is 316 Å². The number of phenols is 2. The summed E-state index contributed by atoms with van der Waals surface area (Å²) in [4.78, 5) is 0. The molecular formula is C44H44O8P2. The first-order valence-electron chi connectivity index (χ1n) is 18.0. The topological polar surface area (TPSA) is 112 Å². The van der Waals surface area contributed by atoms with E-state index in [0.29, 0.717) is 21.7 Å². The van der Waals surface area contributed by atoms with Crippen molar-refractivity contribution in [2.75, 3.05) is 26.4 Å². The highest BCUT2D eigenvalue weighted by Gasteiger charge is 2.27. The SMILES string of the molecule is CCOP(=O)(OCC)c1ccc(/C=C/c2ccc3c(-c4c(O)ccc5cc(/C=C/c6ccc(P(=O)(OCC)OCC)cc6)ccc45)c(O)ccc3c2)cc1. The Kier molecular flexibility index (Phi) is 12.4. The molecule has 0 aliphatic rings. The first-order valence-corrected chi connectivity index (χ1v) is 21.1. The lowest BCUT2D eigenvalue weighted by Crippen LogP contribution is -2.10. The highest BCUT2D eigenvalue weighted by atomic mass is 31.2. The molecule has 54 heavy (non-hydrogen) atoms. The van der Waals surface area contributed by atoms with E-state index in [4.69, 9.17) is 18.1 Å². The van der Waals surface area contributed by atoms with Crippen LogP contribution in [-0.2, 0) is 27.2 Å². The molecule has 2 N–H and O–H groups in total. The largest absolute Gasteiger partial charge is 0.507 e. The second kappa shape index (κ2) is 17.1. The molecule has 0 unspecified atom stereocenters. The molecule has 0 amide bonds. The Bertz CT molecular complexity index is 2230. The fraction of sp³-hybridized carbons (Fsp3) is 0.182. The highest BCUT2D eigenvalue weighted by molar-refractivity contribution is 7.62. The minimum Gasteiger partial charge on any atom is -0.507 e. The van der Waals surface area contributed by atoms with Crippen molar-refractivity contribution < 1.29 is 37.4 Å². The smallest absolute Gasteiger partial charge is 0.361 e. The van der Waals surface area contributed by atoms with Crippen LogP contribution in [0.5, 0.6) is 11.5 Å². The van der Waals surface area contributed by atoms with E-state index in [1.54, 1.807) is 64.1 Å². The molecule has 278 valence electrons. The predicted molar refractivity (Wildman–Crippen MR) is 222 cm³/mol. The van der Waals surface area contributed by atoms with Crippen molar-refractivity contribution in [2.45, 2.75) is 27.7 Å². The predicted octanol–water partition coefficient (Wildman–Crippen LogP) is 11.2. The van der Waals surface area contributed by atoms with E-state index >= 15 is 0 Å². The molecule has 0 saturated carbocycles. The van der Waals surface area contributed by atoms with Gasteiger partial charge in [0, 0.05) is 11.1 Å². The fourth-order valence-electron chi connectivity index (χ4n) is 6.38. The van der Waals surface area contributed by atoms with Crippen LogP contribution in [0, 0.1) is 0 Å². The maximum absolute atomic E-state index is 13.1. The van der Waals surface area contributed by atoms with Gasteiger partial charge in [-0.1, -0.05) is 85.0 Å². The highest BCUT2D eigenvalue weighted by Crippen LogP contribution is 2.48. The monoisotopic (exact) mass is 762 g/mol. The van der Waals surface area contributed by atoms with E-state index in [0.717, 1.165) is 43.8 Å². The molecule has 0 aliphatic carbocycles. The molecule has 0 bridgehead atoms. The van der Waals surface area contributed by atoms with Gasteiger partial charge in [0.1, 0.15) is 11.5 Å². The van der Waals surface area contributed by atoms with Crippen molar-refractivity contribution in [3.05, 3.63) is 131 Å². The van der Waals surface area contributed by atoms with Crippen LogP contribution in [-0.4, -0.2) is 36.6 Å². The third-order valence-electron chi connectivity index (χ3n) is 8.85. The Morgan fingerprint density at radius 1 is 0.444 bits per heavy atom. The van der Waals surface area contributed by atoms with Crippen LogP contribution < -0.4 is 10.6 Å². The number of aromatic hydroxyl groups is 2. The summed E-state index contributed by atoms with van der Waals surface area (Å²) in [6.07, 6.45) is 7.92. The zero-order valence-electron chi connectivity index (χ0n) is 30.8. The molecule has 0 aromatic heterocycles. The van der Waals surface area contributed by atoms with Crippen molar-refractivity contribution >= 4 is 71.6 Å². The molecule has 0 aliphatic heterocycles. The zero-order chi connectivity index (χ0) is 38.3. The van der Waals surface area contributed by atoms with Crippen LogP contribution >= 0.6 is 15.2 Å². The van der Waals surface area contributed by atoms with E-state index < -0.39 is 15.2 Å². The summed E-state index contributed by atoms with van der Waals surface area (Å²) in [5.41, 5.74) is 4.84. The number of phenolic OH excluding ortho intramolecular Hbond substituents is 2. The van der Waals surface area contributed by atoms with Crippen LogP contribution in [0.1, 0.15) is 49.9 Å². The van der Waals surface area contributed by atoms with E-state index in [-0.39, 0.29) is 37.9 Å². The van der Waals surface area contributed by atoms with E-state index in [2.05, 4.69) is 0 Å². The standard InChI is InChI=1S/C44H44O8P2/c1-5-49-53(47,50-6-2)37-21-13-31(14-22-37)9-11-33-17-25-39-35(29-33)19-27-41(45)43(39)44-40-26-18-34(30-36(40)20-28-42(44)46)12-10-32-15-23-38(24-16-32)54(48,51-7-3)52-8-4/h9-30,45-46H,5-8H2,1-4H3/b11-9+,12-10+. The summed E-state index contributed by atoms with van der Waals surface area (Å²) in [5.74, 6) is 0.131. The number of hydrogen-bond donors (Lipinski definition) is 2. The van der Waals surface area contributed by atoms with Gasteiger partial charge in [-0.3, -0.25) is 9.13 Å². The average Bonchev–Trinajstić information content (AvgIpc) is 3.17. The van der Waals surface area contributed by atoms with Gasteiger partial charge in [-0.05, 0) is 120 Å². The van der Waals surface area contributed by atoms with Crippen molar-refractivity contribution in [1.29, 1.82) is 0 Å². The molecule has 10 heteroatoms. The Morgan fingerprint density at radius 2 is 0.759 bits per heavy atom. The van der Waals surface area contributed by atoms with Gasteiger partial charge in [0.2, 0.25) is 0 Å². The zero-order valence-corrected chi connectivity index (χ0v) is 32.6. The minimum atomic E-state index is -3.36. The van der Waals surface area contributed by atoms with Crippen LogP contribution in [0.2, 0.25) is 0 Å². The molecule has 6 aromatic rings. The van der Waals surface area contributed by atoms with Crippen LogP contribution in [0.25, 0.3) is 57.0 Å². The summed E-state index contributed by atoms with van der Waals surface area (Å²) in [7, 11) is -6.71. The van der Waals surface area contributed by atoms with Crippen LogP contribution in [0.15, 0.2) is 109 Å². The third kappa shape index (κ3) is 8.46. The molecule has 0 atom stereocenters. The van der Waals surface area contributed by atoms with Crippen molar-refractivity contribution in [3.63, 3.8) is 0 Å². The van der Waals surface area contributed by atoms with Crippen molar-refractivity contribution in [1.82, 2.24) is 0 Å². The van der Waals surface area contributed by atoms with Gasteiger partial charge in [0.25, 0.3) is 0 Å². The molecule has 0 spiro atoms. The maximum Gasteiger partial charge on any atom is 0.361 e. The molecule has 6 rings (SSSR count). The van der Waals surface area contributed by atoms with E-state index in [1.165, 1.54) is 0 Å². The van der Waals surface area contributed by atoms with Gasteiger partial charge in [-0.25, -0.2) is 0 Å². The van der Waals surface area contributed by atoms with Crippen molar-refractivity contribution in [2.24, 2.45) is 0 Å². The average molecular weight is 763 g/mol. The summed E-state index contributed by atoms with van der Waals surface area (Å²) < 4.78 is 48.1. The fourth-order valence-corrected chi connectivity index (χ4v) is 9.51. The number of fused-ring (bicyclic) bond motifs is 2. The van der Waals surface area contributed by atoms with Gasteiger partial charge < -0.3 is 28.3 Å². The molecule has 0 fully saturated rings. The van der Waals surface area contributed by atoms with Crippen LogP contribution in [0.4, 0.5) is 0 Å². The normalized spacial score (nSPS) is 12.4. The second-order valence-corrected chi connectivity index (χ2v) is 16.5. The lowest BCUT2D eigenvalue weighted by atomic mass is 9.91. The molecule has 8 nitrogen and oxygen atoms in total. The molecule has 6 aromatic carbocycles. The lowest BCUT2D eigenvalue weighted by Gasteiger charge is -2.17. The third-order valence-corrected chi connectivity index (χ3v) is 13.1. The quantitative estimate of drug-likeness (QED) is 0.0786. The number of benzene rings is 6. The van der Waals surface area contributed by atoms with Crippen molar-refractivity contribution in [3.8, 4) is 22.6 Å². The first-order chi connectivity index (χ1) is 26.1. The summed E-state index contributed by atoms with van der Waals surface area (Å²) in [6.45, 7) is 8.30. The van der Waals surface area contributed by atoms with Gasteiger partial charge in [0.05, 0.1) is 37.0 Å². The van der Waals surface area contributed by atoms with Gasteiger partial charge in [0.15, 0.2) is 0 Å². The number of hydrogen-bond acceptors (Lipinski definition) is 8. The Morgan fingerprint density at radius 3 is 1.09 bits per heavy atom. The van der Waals surface area contributed by atoms with Gasteiger partial charge in [-0.2, -0.15) is 0 Å². The maximum atomic E-state index is 13.1. The molecule has 0 radical (unpaired) electrons. The molecule has 0 heterocycles. The molecule has 0 saturated heterocycles. The summed E-state index contributed by atoms with van der Waals surface area (Å²) >= 11 is 0. The van der Waals surface area contributed by atoms with Gasteiger partial charge >= 0.3 is 15.2 Å². The number of rotatable bonds is 15. The Hall–Kier alpha value is -4.78. The van der Waals surface area contributed by atoms with E-state index in [1.807, 2.05) is 97.1 Å². The second-order valence-electron chi connectivity index (χ2n) is 12.4. The van der Waals surface area contributed by atoms with Crippen LogP contribution in [0.3, 0.4) is 0 Å². The lowest BCUT2D eigenvalue weighted by molar-refractivity contribution is 0.229. The summed E-state index contributed by atoms with van der Waals surface area (Å²) in [5, 5.41) is 26.8. The minimum absolute atomic E-state index is 0.0655. The molecular weight excluding hydrogens is 718 g/mol.